The molecule has 1 aliphatic rings. The highest BCUT2D eigenvalue weighted by atomic mass is 32.1. The van der Waals surface area contributed by atoms with Gasteiger partial charge in [0.2, 0.25) is 5.89 Å². The first-order valence-electron chi connectivity index (χ1n) is 13.2. The van der Waals surface area contributed by atoms with Crippen LogP contribution in [0.3, 0.4) is 0 Å². The van der Waals surface area contributed by atoms with Crippen molar-refractivity contribution in [2.24, 2.45) is 5.73 Å². The topological polar surface area (TPSA) is 124 Å². The van der Waals surface area contributed by atoms with Crippen LogP contribution >= 0.6 is 11.3 Å². The third-order valence-electron chi connectivity index (χ3n) is 7.03. The summed E-state index contributed by atoms with van der Waals surface area (Å²) >= 11 is 1.60. The average molecular weight is 552 g/mol. The average Bonchev–Trinajstić information content (AvgIpc) is 3.74. The van der Waals surface area contributed by atoms with Gasteiger partial charge in [-0.3, -0.25) is 9.78 Å². The first-order valence-corrected chi connectivity index (χ1v) is 14.1. The van der Waals surface area contributed by atoms with Crippen LogP contribution in [0.25, 0.3) is 22.8 Å². The van der Waals surface area contributed by atoms with E-state index < -0.39 is 5.54 Å². The highest BCUT2D eigenvalue weighted by molar-refractivity contribution is 7.09. The van der Waals surface area contributed by atoms with Gasteiger partial charge in [0, 0.05) is 41.1 Å². The highest BCUT2D eigenvalue weighted by Gasteiger charge is 2.34. The van der Waals surface area contributed by atoms with Gasteiger partial charge in [-0.2, -0.15) is 0 Å². The maximum absolute atomic E-state index is 13.9. The van der Waals surface area contributed by atoms with Crippen molar-refractivity contribution in [1.29, 1.82) is 0 Å². The van der Waals surface area contributed by atoms with Crippen molar-refractivity contribution >= 4 is 17.2 Å². The molecule has 1 saturated heterocycles. The van der Waals surface area contributed by atoms with Gasteiger partial charge in [-0.05, 0) is 62.9 Å². The predicted molar refractivity (Wildman–Crippen MR) is 152 cm³/mol. The van der Waals surface area contributed by atoms with E-state index in [-0.39, 0.29) is 17.8 Å². The van der Waals surface area contributed by atoms with Crippen molar-refractivity contribution in [2.45, 2.75) is 44.7 Å². The summed E-state index contributed by atoms with van der Waals surface area (Å²) in [5, 5.41) is 11.6. The molecule has 0 spiro atoms. The van der Waals surface area contributed by atoms with Crippen LogP contribution in [0.4, 0.5) is 0 Å². The second kappa shape index (κ2) is 10.7. The van der Waals surface area contributed by atoms with E-state index >= 15 is 0 Å². The van der Waals surface area contributed by atoms with E-state index in [0.29, 0.717) is 35.8 Å². The predicted octanol–water partition coefficient (Wildman–Crippen LogP) is 5.35. The number of rotatable bonds is 7. The van der Waals surface area contributed by atoms with Crippen LogP contribution in [0.15, 0.2) is 76.8 Å². The van der Waals surface area contributed by atoms with E-state index in [1.165, 1.54) is 0 Å². The van der Waals surface area contributed by atoms with Gasteiger partial charge < -0.3 is 15.1 Å². The second-order valence-corrected chi connectivity index (χ2v) is 11.2. The number of nitrogens with zero attached hydrogens (tertiary/aromatic N) is 6. The summed E-state index contributed by atoms with van der Waals surface area (Å²) in [6.07, 6.45) is 5.72. The summed E-state index contributed by atoms with van der Waals surface area (Å²) in [4.78, 5) is 29.4. The number of hydrogen-bond acceptors (Lipinski definition) is 9. The van der Waals surface area contributed by atoms with Crippen LogP contribution < -0.4 is 5.73 Å². The van der Waals surface area contributed by atoms with Crippen molar-refractivity contribution in [1.82, 2.24) is 30.0 Å². The fourth-order valence-corrected chi connectivity index (χ4v) is 5.99. The van der Waals surface area contributed by atoms with Crippen molar-refractivity contribution in [3.63, 3.8) is 0 Å². The van der Waals surface area contributed by atoms with Crippen LogP contribution in [-0.4, -0.2) is 42.5 Å². The lowest BCUT2D eigenvalue weighted by Gasteiger charge is -2.23. The molecule has 1 amide bonds. The zero-order chi connectivity index (χ0) is 27.7. The van der Waals surface area contributed by atoms with Gasteiger partial charge in [0.15, 0.2) is 0 Å². The fraction of sp³-hybridized carbons (Fsp3) is 0.267. The number of likely N-dealkylation sites (tertiary alicyclic amines) is 1. The molecule has 6 rings (SSSR count). The monoisotopic (exact) mass is 551 g/mol. The van der Waals surface area contributed by atoms with Crippen LogP contribution in [0, 0.1) is 6.92 Å². The number of carbonyl (C=O) groups is 1. The SMILES string of the molecule is Cc1csc(C2CCCN2C(=O)c2cc(-c3ccncc3)nc(-c3nnc([C@](C)(N)Cc4ccccc4)o3)c2)n1. The first-order chi connectivity index (χ1) is 19.4. The maximum Gasteiger partial charge on any atom is 0.266 e. The minimum absolute atomic E-state index is 0.0434. The zero-order valence-electron chi connectivity index (χ0n) is 22.3. The summed E-state index contributed by atoms with van der Waals surface area (Å²) in [5.74, 6) is 0.425. The Morgan fingerprint density at radius 3 is 2.62 bits per heavy atom. The molecule has 5 aromatic rings. The maximum atomic E-state index is 13.9. The molecular weight excluding hydrogens is 522 g/mol. The van der Waals surface area contributed by atoms with Crippen LogP contribution in [0.2, 0.25) is 0 Å². The van der Waals surface area contributed by atoms with Crippen molar-refractivity contribution < 1.29 is 9.21 Å². The molecule has 9 nitrogen and oxygen atoms in total. The smallest absolute Gasteiger partial charge is 0.266 e. The minimum atomic E-state index is -0.886. The van der Waals surface area contributed by atoms with E-state index in [4.69, 9.17) is 15.1 Å². The van der Waals surface area contributed by atoms with E-state index in [1.807, 2.05) is 72.7 Å². The summed E-state index contributed by atoms with van der Waals surface area (Å²) in [6, 6.07) is 17.1. The number of pyridine rings is 2. The molecule has 1 unspecified atom stereocenters. The molecule has 0 saturated carbocycles. The molecule has 202 valence electrons. The molecule has 10 heteroatoms. The highest BCUT2D eigenvalue weighted by Crippen LogP contribution is 2.36. The number of carbonyl (C=O) groups excluding carboxylic acids is 1. The lowest BCUT2D eigenvalue weighted by atomic mass is 9.94. The Morgan fingerprint density at radius 2 is 1.88 bits per heavy atom. The number of aryl methyl sites for hydroxylation is 1. The quantitative estimate of drug-likeness (QED) is 0.287. The summed E-state index contributed by atoms with van der Waals surface area (Å²) < 4.78 is 6.10. The molecule has 0 bridgehead atoms. The van der Waals surface area contributed by atoms with E-state index in [9.17, 15) is 4.79 Å². The zero-order valence-corrected chi connectivity index (χ0v) is 23.1. The third kappa shape index (κ3) is 5.28. The standard InChI is InChI=1S/C30H29N7O2S/c1-19-18-40-27(33-19)25-9-6-14-37(25)28(38)22-15-23(21-10-12-32-13-11-21)34-24(16-22)26-35-36-29(39-26)30(2,31)17-20-7-4-3-5-8-20/h3-5,7-8,10-13,15-16,18,25H,6,9,14,17,31H2,1-2H3/t25?,30-/m1/s1. The number of thiazole rings is 1. The normalized spacial score (nSPS) is 16.7. The Balaban J connectivity index is 1.36. The molecule has 2 atom stereocenters. The lowest BCUT2D eigenvalue weighted by Crippen LogP contribution is -2.35. The fourth-order valence-electron chi connectivity index (χ4n) is 5.04. The molecule has 1 aliphatic heterocycles. The summed E-state index contributed by atoms with van der Waals surface area (Å²) in [7, 11) is 0. The van der Waals surface area contributed by atoms with Gasteiger partial charge in [0.25, 0.3) is 11.8 Å². The van der Waals surface area contributed by atoms with E-state index in [0.717, 1.165) is 34.7 Å². The van der Waals surface area contributed by atoms with Crippen LogP contribution in [0.1, 0.15) is 58.3 Å². The van der Waals surface area contributed by atoms with Gasteiger partial charge >= 0.3 is 0 Å². The number of benzene rings is 1. The Morgan fingerprint density at radius 1 is 1.10 bits per heavy atom. The molecule has 0 aliphatic carbocycles. The Hall–Kier alpha value is -4.28. The van der Waals surface area contributed by atoms with Gasteiger partial charge in [0.1, 0.15) is 10.7 Å². The van der Waals surface area contributed by atoms with E-state index in [1.54, 1.807) is 29.8 Å². The number of nitrogens with two attached hydrogens (primary N) is 1. The summed E-state index contributed by atoms with van der Waals surface area (Å²) in [6.45, 7) is 4.50. The molecule has 40 heavy (non-hydrogen) atoms. The molecule has 5 heterocycles. The number of aromatic nitrogens is 5. The molecule has 1 fully saturated rings. The second-order valence-electron chi connectivity index (χ2n) is 10.3. The van der Waals surface area contributed by atoms with Gasteiger partial charge in [-0.25, -0.2) is 9.97 Å². The largest absolute Gasteiger partial charge is 0.417 e. The van der Waals surface area contributed by atoms with Crippen molar-refractivity contribution in [3.8, 4) is 22.8 Å². The molecule has 2 N–H and O–H groups in total. The van der Waals surface area contributed by atoms with Crippen LogP contribution in [-0.2, 0) is 12.0 Å². The molecular formula is C30H29N7O2S. The van der Waals surface area contributed by atoms with Crippen molar-refractivity contribution in [3.05, 3.63) is 100 Å². The van der Waals surface area contributed by atoms with Gasteiger partial charge in [-0.15, -0.1) is 21.5 Å². The molecule has 1 aromatic carbocycles. The summed E-state index contributed by atoms with van der Waals surface area (Å²) in [5.41, 5.74) is 10.1. The number of amides is 1. The first kappa shape index (κ1) is 26.0. The minimum Gasteiger partial charge on any atom is -0.417 e. The molecule has 0 radical (unpaired) electrons. The Labute approximate surface area is 236 Å². The Kier molecular flexibility index (Phi) is 6.95. The molecule has 4 aromatic heterocycles. The van der Waals surface area contributed by atoms with Crippen LogP contribution in [0.5, 0.6) is 0 Å². The van der Waals surface area contributed by atoms with E-state index in [2.05, 4.69) is 20.2 Å². The third-order valence-corrected chi connectivity index (χ3v) is 8.09. The van der Waals surface area contributed by atoms with Gasteiger partial charge in [0.05, 0.1) is 17.3 Å². The van der Waals surface area contributed by atoms with Gasteiger partial charge in [-0.1, -0.05) is 30.3 Å². The number of hydrogen-bond donors (Lipinski definition) is 1. The Bertz CT molecular complexity index is 1630. The van der Waals surface area contributed by atoms with Crippen molar-refractivity contribution in [2.75, 3.05) is 6.54 Å². The lowest BCUT2D eigenvalue weighted by molar-refractivity contribution is 0.0735.